The molecule has 3 nitrogen and oxygen atoms in total. The number of hydrogen-bond acceptors (Lipinski definition) is 4. The van der Waals surface area contributed by atoms with Crippen molar-refractivity contribution in [2.45, 2.75) is 33.1 Å². The summed E-state index contributed by atoms with van der Waals surface area (Å²) in [4.78, 5) is 4.53. The minimum absolute atomic E-state index is 0.0406. The van der Waals surface area contributed by atoms with Gasteiger partial charge in [0.05, 0.1) is 21.5 Å². The molecule has 1 heterocycles. The van der Waals surface area contributed by atoms with Gasteiger partial charge in [0.15, 0.2) is 0 Å². The number of anilines is 1. The summed E-state index contributed by atoms with van der Waals surface area (Å²) < 4.78 is 0. The van der Waals surface area contributed by atoms with E-state index in [2.05, 4.69) is 36.3 Å². The zero-order valence-electron chi connectivity index (χ0n) is 12.4. The first-order chi connectivity index (χ1) is 9.77. The van der Waals surface area contributed by atoms with Crippen molar-refractivity contribution < 1.29 is 0 Å². The van der Waals surface area contributed by atoms with Gasteiger partial charge in [0.1, 0.15) is 0 Å². The molecule has 0 amide bonds. The van der Waals surface area contributed by atoms with Gasteiger partial charge in [-0.2, -0.15) is 5.10 Å². The zero-order chi connectivity index (χ0) is 15.6. The Morgan fingerprint density at radius 1 is 1.24 bits per heavy atom. The van der Waals surface area contributed by atoms with Crippen molar-refractivity contribution in [3.8, 4) is 0 Å². The number of thiazole rings is 1. The first-order valence-electron chi connectivity index (χ1n) is 6.49. The zero-order valence-corrected chi connectivity index (χ0v) is 14.7. The Balaban J connectivity index is 2.13. The lowest BCUT2D eigenvalue weighted by Gasteiger charge is -2.14. The van der Waals surface area contributed by atoms with Gasteiger partial charge < -0.3 is 0 Å². The molecule has 0 atom stereocenters. The maximum Gasteiger partial charge on any atom is 0.203 e. The van der Waals surface area contributed by atoms with E-state index >= 15 is 0 Å². The number of nitrogens with zero attached hydrogens (tertiary/aromatic N) is 2. The molecule has 0 unspecified atom stereocenters. The van der Waals surface area contributed by atoms with Crippen molar-refractivity contribution in [2.24, 2.45) is 5.10 Å². The van der Waals surface area contributed by atoms with Crippen molar-refractivity contribution in [1.82, 2.24) is 4.98 Å². The summed E-state index contributed by atoms with van der Waals surface area (Å²) in [5.74, 6) is 0. The van der Waals surface area contributed by atoms with Crippen LogP contribution in [0.15, 0.2) is 28.7 Å². The van der Waals surface area contributed by atoms with Crippen LogP contribution in [0.5, 0.6) is 0 Å². The van der Waals surface area contributed by atoms with Crippen molar-refractivity contribution in [2.75, 3.05) is 5.43 Å². The average Bonchev–Trinajstić information content (AvgIpc) is 2.88. The van der Waals surface area contributed by atoms with Gasteiger partial charge in [0.2, 0.25) is 5.13 Å². The molecular weight excluding hydrogens is 325 g/mol. The number of hydrogen-bond donors (Lipinski definition) is 1. The second kappa shape index (κ2) is 6.34. The highest BCUT2D eigenvalue weighted by Crippen LogP contribution is 2.26. The van der Waals surface area contributed by atoms with Crippen molar-refractivity contribution in [3.63, 3.8) is 0 Å². The highest BCUT2D eigenvalue weighted by Gasteiger charge is 2.17. The van der Waals surface area contributed by atoms with E-state index in [0.29, 0.717) is 10.0 Å². The smallest absolute Gasteiger partial charge is 0.203 e. The Morgan fingerprint density at radius 3 is 2.52 bits per heavy atom. The Labute approximate surface area is 139 Å². The molecular formula is C15H17Cl2N3S. The Kier molecular flexibility index (Phi) is 4.91. The first kappa shape index (κ1) is 16.3. The van der Waals surface area contributed by atoms with Crippen LogP contribution in [0.1, 0.15) is 39.0 Å². The van der Waals surface area contributed by atoms with Gasteiger partial charge in [-0.3, -0.25) is 5.43 Å². The highest BCUT2D eigenvalue weighted by atomic mass is 35.5. The average molecular weight is 342 g/mol. The van der Waals surface area contributed by atoms with Gasteiger partial charge in [0, 0.05) is 10.8 Å². The van der Waals surface area contributed by atoms with Gasteiger partial charge in [-0.05, 0) is 24.6 Å². The number of rotatable bonds is 3. The van der Waals surface area contributed by atoms with E-state index in [1.807, 2.05) is 18.4 Å². The fourth-order valence-corrected chi connectivity index (χ4v) is 2.76. The standard InChI is InChI=1S/C15H17Cl2N3S/c1-9(10-5-6-11(16)12(17)7-10)19-20-14-18-13(8-21-14)15(2,3)4/h5-8H,1-4H3,(H,18,20)/b19-9-. The summed E-state index contributed by atoms with van der Waals surface area (Å²) in [5.41, 5.74) is 5.82. The number of aromatic nitrogens is 1. The molecule has 1 aromatic heterocycles. The molecule has 0 radical (unpaired) electrons. The van der Waals surface area contributed by atoms with Crippen LogP contribution in [0.3, 0.4) is 0 Å². The predicted octanol–water partition coefficient (Wildman–Crippen LogP) is 5.58. The lowest BCUT2D eigenvalue weighted by atomic mass is 9.93. The van der Waals surface area contributed by atoms with E-state index in [1.165, 1.54) is 0 Å². The van der Waals surface area contributed by atoms with Crippen molar-refractivity contribution in [1.29, 1.82) is 0 Å². The monoisotopic (exact) mass is 341 g/mol. The Hall–Kier alpha value is -1.10. The van der Waals surface area contributed by atoms with Crippen LogP contribution in [-0.2, 0) is 5.41 Å². The number of halogens is 2. The third-order valence-electron chi connectivity index (χ3n) is 2.93. The summed E-state index contributed by atoms with van der Waals surface area (Å²) in [6.45, 7) is 8.31. The lowest BCUT2D eigenvalue weighted by molar-refractivity contribution is 0.573. The summed E-state index contributed by atoms with van der Waals surface area (Å²) >= 11 is 13.5. The molecule has 0 fully saturated rings. The number of benzene rings is 1. The van der Waals surface area contributed by atoms with Gasteiger partial charge in [-0.15, -0.1) is 11.3 Å². The van der Waals surface area contributed by atoms with Gasteiger partial charge in [-0.25, -0.2) is 4.98 Å². The molecule has 0 bridgehead atoms. The highest BCUT2D eigenvalue weighted by molar-refractivity contribution is 7.13. The molecule has 2 rings (SSSR count). The minimum atomic E-state index is 0.0406. The van der Waals surface area contributed by atoms with E-state index in [4.69, 9.17) is 23.2 Å². The normalized spacial score (nSPS) is 12.6. The molecule has 0 saturated heterocycles. The summed E-state index contributed by atoms with van der Waals surface area (Å²) in [6.07, 6.45) is 0. The fraction of sp³-hybridized carbons (Fsp3) is 0.333. The van der Waals surface area contributed by atoms with Gasteiger partial charge in [-0.1, -0.05) is 50.0 Å². The van der Waals surface area contributed by atoms with E-state index in [-0.39, 0.29) is 5.41 Å². The molecule has 21 heavy (non-hydrogen) atoms. The predicted molar refractivity (Wildman–Crippen MR) is 93.1 cm³/mol. The van der Waals surface area contributed by atoms with Crippen LogP contribution < -0.4 is 5.43 Å². The van der Waals surface area contributed by atoms with Crippen LogP contribution in [0.25, 0.3) is 0 Å². The van der Waals surface area contributed by atoms with Crippen molar-refractivity contribution in [3.05, 3.63) is 44.9 Å². The first-order valence-corrected chi connectivity index (χ1v) is 8.12. The molecule has 0 aliphatic rings. The Morgan fingerprint density at radius 2 is 1.95 bits per heavy atom. The van der Waals surface area contributed by atoms with E-state index in [1.54, 1.807) is 23.5 Å². The third kappa shape index (κ3) is 4.19. The van der Waals surface area contributed by atoms with Gasteiger partial charge >= 0.3 is 0 Å². The molecule has 0 spiro atoms. The lowest BCUT2D eigenvalue weighted by Crippen LogP contribution is -2.11. The summed E-state index contributed by atoms with van der Waals surface area (Å²) in [6, 6.07) is 5.45. The second-order valence-corrected chi connectivity index (χ2v) is 7.40. The minimum Gasteiger partial charge on any atom is -0.252 e. The summed E-state index contributed by atoms with van der Waals surface area (Å²) in [7, 11) is 0. The molecule has 6 heteroatoms. The molecule has 2 aromatic rings. The van der Waals surface area contributed by atoms with Crippen molar-refractivity contribution >= 4 is 45.4 Å². The van der Waals surface area contributed by atoms with Crippen LogP contribution in [0.2, 0.25) is 10.0 Å². The largest absolute Gasteiger partial charge is 0.252 e. The summed E-state index contributed by atoms with van der Waals surface area (Å²) in [5, 5.41) is 8.23. The number of hydrazone groups is 1. The topological polar surface area (TPSA) is 37.3 Å². The van der Waals surface area contributed by atoms with Crippen LogP contribution in [0, 0.1) is 0 Å². The van der Waals surface area contributed by atoms with Crippen LogP contribution in [0.4, 0.5) is 5.13 Å². The quantitative estimate of drug-likeness (QED) is 0.584. The molecule has 112 valence electrons. The third-order valence-corrected chi connectivity index (χ3v) is 4.42. The second-order valence-electron chi connectivity index (χ2n) is 5.73. The Bertz CT molecular complexity index is 672. The fourth-order valence-electron chi connectivity index (χ4n) is 1.59. The maximum atomic E-state index is 6.01. The molecule has 1 aromatic carbocycles. The number of nitrogens with one attached hydrogen (secondary N) is 1. The maximum absolute atomic E-state index is 6.01. The van der Waals surface area contributed by atoms with E-state index in [9.17, 15) is 0 Å². The molecule has 0 aliphatic carbocycles. The molecule has 0 saturated carbocycles. The van der Waals surface area contributed by atoms with E-state index < -0.39 is 0 Å². The van der Waals surface area contributed by atoms with E-state index in [0.717, 1.165) is 22.1 Å². The van der Waals surface area contributed by atoms with Crippen LogP contribution >= 0.6 is 34.5 Å². The van der Waals surface area contributed by atoms with Crippen LogP contribution in [-0.4, -0.2) is 10.7 Å². The SMILES string of the molecule is C/C(=N/Nc1nc(C(C)(C)C)cs1)c1ccc(Cl)c(Cl)c1. The molecule has 1 N–H and O–H groups in total. The van der Waals surface area contributed by atoms with Gasteiger partial charge in [0.25, 0.3) is 0 Å². The molecule has 0 aliphatic heterocycles.